The maximum atomic E-state index is 13.1. The van der Waals surface area contributed by atoms with E-state index in [0.717, 1.165) is 16.5 Å². The van der Waals surface area contributed by atoms with Crippen LogP contribution in [0.4, 0.5) is 10.5 Å². The molecule has 140 valence electrons. The summed E-state index contributed by atoms with van der Waals surface area (Å²) in [6, 6.07) is 16.0. The standard InChI is InChI=1S/C20H22N4O2S/c1-20(2)13-27-19(22-12-14-6-4-3-5-7-14)24(20)17(25)15-8-10-16(11-9-15)23-18(21)26/h3-11H,12-13H2,1-2H3,(H3,21,23,26). The van der Waals surface area contributed by atoms with E-state index in [4.69, 9.17) is 5.73 Å². The van der Waals surface area contributed by atoms with Crippen LogP contribution in [0.2, 0.25) is 0 Å². The molecule has 27 heavy (non-hydrogen) atoms. The van der Waals surface area contributed by atoms with Crippen LogP contribution in [0, 0.1) is 0 Å². The molecule has 1 heterocycles. The van der Waals surface area contributed by atoms with Gasteiger partial charge in [0.25, 0.3) is 5.91 Å². The summed E-state index contributed by atoms with van der Waals surface area (Å²) >= 11 is 1.59. The number of hydrogen-bond donors (Lipinski definition) is 2. The van der Waals surface area contributed by atoms with E-state index in [1.807, 2.05) is 44.2 Å². The summed E-state index contributed by atoms with van der Waals surface area (Å²) in [6.07, 6.45) is 0. The van der Waals surface area contributed by atoms with E-state index in [1.165, 1.54) is 0 Å². The molecule has 0 aromatic heterocycles. The molecule has 3 N–H and O–H groups in total. The highest BCUT2D eigenvalue weighted by Gasteiger charge is 2.41. The van der Waals surface area contributed by atoms with Crippen molar-refractivity contribution in [2.45, 2.75) is 25.9 Å². The van der Waals surface area contributed by atoms with Gasteiger partial charge >= 0.3 is 6.03 Å². The van der Waals surface area contributed by atoms with Crippen LogP contribution in [-0.4, -0.2) is 33.3 Å². The van der Waals surface area contributed by atoms with Gasteiger partial charge in [0, 0.05) is 17.0 Å². The van der Waals surface area contributed by atoms with E-state index in [1.54, 1.807) is 40.9 Å². The number of urea groups is 1. The first-order valence-electron chi connectivity index (χ1n) is 8.59. The van der Waals surface area contributed by atoms with Crippen LogP contribution < -0.4 is 11.1 Å². The van der Waals surface area contributed by atoms with E-state index in [-0.39, 0.29) is 11.4 Å². The summed E-state index contributed by atoms with van der Waals surface area (Å²) in [6.45, 7) is 4.60. The Morgan fingerprint density at radius 2 is 1.81 bits per heavy atom. The van der Waals surface area contributed by atoms with Crippen LogP contribution in [0.3, 0.4) is 0 Å². The van der Waals surface area contributed by atoms with E-state index in [9.17, 15) is 9.59 Å². The molecule has 2 aromatic carbocycles. The van der Waals surface area contributed by atoms with Crippen molar-refractivity contribution in [3.05, 3.63) is 65.7 Å². The lowest BCUT2D eigenvalue weighted by atomic mass is 10.0. The maximum absolute atomic E-state index is 13.1. The number of hydrogen-bond acceptors (Lipinski definition) is 4. The quantitative estimate of drug-likeness (QED) is 0.845. The molecular formula is C20H22N4O2S. The molecule has 0 unspecified atom stereocenters. The van der Waals surface area contributed by atoms with Crippen molar-refractivity contribution >= 4 is 34.6 Å². The first kappa shape index (κ1) is 19.0. The average Bonchev–Trinajstić information content (AvgIpc) is 2.95. The highest BCUT2D eigenvalue weighted by Crippen LogP contribution is 2.34. The van der Waals surface area contributed by atoms with Crippen LogP contribution in [0.15, 0.2) is 59.6 Å². The highest BCUT2D eigenvalue weighted by molar-refractivity contribution is 8.14. The molecule has 6 nitrogen and oxygen atoms in total. The van der Waals surface area contributed by atoms with E-state index in [2.05, 4.69) is 10.3 Å². The number of nitrogens with zero attached hydrogens (tertiary/aromatic N) is 2. The topological polar surface area (TPSA) is 87.8 Å². The minimum atomic E-state index is -0.638. The van der Waals surface area contributed by atoms with Gasteiger partial charge in [-0.1, -0.05) is 42.1 Å². The molecule has 1 aliphatic rings. The molecular weight excluding hydrogens is 360 g/mol. The zero-order valence-corrected chi connectivity index (χ0v) is 16.1. The van der Waals surface area contributed by atoms with E-state index in [0.29, 0.717) is 17.8 Å². The molecule has 0 spiro atoms. The number of carbonyl (C=O) groups is 2. The van der Waals surface area contributed by atoms with Crippen LogP contribution in [-0.2, 0) is 6.54 Å². The minimum absolute atomic E-state index is 0.109. The molecule has 3 rings (SSSR count). The Morgan fingerprint density at radius 3 is 2.44 bits per heavy atom. The zero-order valence-electron chi connectivity index (χ0n) is 15.3. The lowest BCUT2D eigenvalue weighted by Crippen LogP contribution is -2.46. The fourth-order valence-corrected chi connectivity index (χ4v) is 4.04. The zero-order chi connectivity index (χ0) is 19.4. The van der Waals surface area contributed by atoms with Crippen LogP contribution in [0.25, 0.3) is 0 Å². The summed E-state index contributed by atoms with van der Waals surface area (Å²) in [7, 11) is 0. The second-order valence-electron chi connectivity index (χ2n) is 6.89. The molecule has 1 saturated heterocycles. The van der Waals surface area contributed by atoms with Gasteiger partial charge in [-0.05, 0) is 43.7 Å². The molecule has 1 aliphatic heterocycles. The molecule has 0 atom stereocenters. The SMILES string of the molecule is CC1(C)CSC(=NCc2ccccc2)N1C(=O)c1ccc(NC(N)=O)cc1. The van der Waals surface area contributed by atoms with Crippen molar-refractivity contribution in [1.82, 2.24) is 4.90 Å². The van der Waals surface area contributed by atoms with Crippen LogP contribution in [0.5, 0.6) is 0 Å². The summed E-state index contributed by atoms with van der Waals surface area (Å²) in [5.41, 5.74) is 6.97. The monoisotopic (exact) mass is 382 g/mol. The van der Waals surface area contributed by atoms with Crippen LogP contribution >= 0.6 is 11.8 Å². The highest BCUT2D eigenvalue weighted by atomic mass is 32.2. The number of amides is 3. The fraction of sp³-hybridized carbons (Fsp3) is 0.250. The third-order valence-corrected chi connectivity index (χ3v) is 5.61. The molecule has 2 aromatic rings. The van der Waals surface area contributed by atoms with Gasteiger partial charge in [0.05, 0.1) is 12.1 Å². The number of rotatable bonds is 4. The van der Waals surface area contributed by atoms with Gasteiger partial charge in [0.1, 0.15) is 0 Å². The van der Waals surface area contributed by atoms with Crippen molar-refractivity contribution in [1.29, 1.82) is 0 Å². The second kappa shape index (κ2) is 7.84. The lowest BCUT2D eigenvalue weighted by molar-refractivity contribution is 0.0766. The molecule has 3 amide bonds. The predicted molar refractivity (Wildman–Crippen MR) is 110 cm³/mol. The number of benzene rings is 2. The van der Waals surface area contributed by atoms with Crippen molar-refractivity contribution < 1.29 is 9.59 Å². The molecule has 1 fully saturated rings. The molecule has 0 saturated carbocycles. The third kappa shape index (κ3) is 4.49. The Balaban J connectivity index is 1.82. The largest absolute Gasteiger partial charge is 0.351 e. The van der Waals surface area contributed by atoms with Crippen molar-refractivity contribution in [3.63, 3.8) is 0 Å². The van der Waals surface area contributed by atoms with Crippen molar-refractivity contribution in [2.24, 2.45) is 10.7 Å². The summed E-state index contributed by atoms with van der Waals surface area (Å²) in [5, 5.41) is 3.22. The van der Waals surface area contributed by atoms with Crippen molar-refractivity contribution in [3.8, 4) is 0 Å². The lowest BCUT2D eigenvalue weighted by Gasteiger charge is -2.30. The second-order valence-corrected chi connectivity index (χ2v) is 7.84. The van der Waals surface area contributed by atoms with Gasteiger partial charge < -0.3 is 11.1 Å². The predicted octanol–water partition coefficient (Wildman–Crippen LogP) is 3.70. The van der Waals surface area contributed by atoms with Gasteiger partial charge in [-0.3, -0.25) is 14.7 Å². The van der Waals surface area contributed by atoms with E-state index >= 15 is 0 Å². The Bertz CT molecular complexity index is 863. The number of amidine groups is 1. The number of anilines is 1. The Hall–Kier alpha value is -2.80. The number of primary amides is 1. The average molecular weight is 382 g/mol. The molecule has 0 aliphatic carbocycles. The maximum Gasteiger partial charge on any atom is 0.316 e. The number of nitrogens with one attached hydrogen (secondary N) is 1. The van der Waals surface area contributed by atoms with Crippen molar-refractivity contribution in [2.75, 3.05) is 11.1 Å². The fourth-order valence-electron chi connectivity index (χ4n) is 2.82. The first-order valence-corrected chi connectivity index (χ1v) is 9.58. The molecule has 0 radical (unpaired) electrons. The summed E-state index contributed by atoms with van der Waals surface area (Å²) < 4.78 is 0. The number of thioether (sulfide) groups is 1. The van der Waals surface area contributed by atoms with Gasteiger partial charge in [-0.2, -0.15) is 0 Å². The van der Waals surface area contributed by atoms with Gasteiger partial charge in [0.15, 0.2) is 5.17 Å². The Labute approximate surface area is 162 Å². The molecule has 0 bridgehead atoms. The van der Waals surface area contributed by atoms with Gasteiger partial charge in [0.2, 0.25) is 0 Å². The number of carbonyl (C=O) groups excluding carboxylic acids is 2. The Morgan fingerprint density at radius 1 is 1.15 bits per heavy atom. The summed E-state index contributed by atoms with van der Waals surface area (Å²) in [5.74, 6) is 0.677. The number of aliphatic imine (C=N–C) groups is 1. The Kier molecular flexibility index (Phi) is 5.51. The minimum Gasteiger partial charge on any atom is -0.351 e. The normalized spacial score (nSPS) is 17.1. The first-order chi connectivity index (χ1) is 12.9. The smallest absolute Gasteiger partial charge is 0.316 e. The number of nitrogens with two attached hydrogens (primary N) is 1. The van der Waals surface area contributed by atoms with Gasteiger partial charge in [-0.25, -0.2) is 4.79 Å². The van der Waals surface area contributed by atoms with Gasteiger partial charge in [-0.15, -0.1) is 0 Å². The van der Waals surface area contributed by atoms with Crippen LogP contribution in [0.1, 0.15) is 29.8 Å². The molecule has 7 heteroatoms. The summed E-state index contributed by atoms with van der Waals surface area (Å²) in [4.78, 5) is 30.5. The van der Waals surface area contributed by atoms with E-state index < -0.39 is 6.03 Å². The third-order valence-electron chi connectivity index (χ3n) is 4.19.